The van der Waals surface area contributed by atoms with Crippen LogP contribution in [0.25, 0.3) is 11.1 Å². The number of aliphatic hydroxyl groups is 1. The molecule has 0 saturated carbocycles. The Morgan fingerprint density at radius 2 is 1.89 bits per heavy atom. The number of aromatic nitrogens is 1. The minimum absolute atomic E-state index is 0.0535. The first-order valence-electron chi connectivity index (χ1n) is 9.27. The van der Waals surface area contributed by atoms with E-state index in [9.17, 15) is 15.0 Å². The fourth-order valence-electron chi connectivity index (χ4n) is 3.20. The Morgan fingerprint density at radius 3 is 2.57 bits per heavy atom. The second-order valence-electron chi connectivity index (χ2n) is 6.86. The third-order valence-electron chi connectivity index (χ3n) is 4.69. The zero-order chi connectivity index (χ0) is 19.9. The molecule has 0 saturated heterocycles. The van der Waals surface area contributed by atoms with Gasteiger partial charge in [0.25, 0.3) is 0 Å². The third-order valence-corrected chi connectivity index (χ3v) is 4.69. The van der Waals surface area contributed by atoms with Crippen LogP contribution in [0.15, 0.2) is 73.1 Å². The Labute approximate surface area is 164 Å². The van der Waals surface area contributed by atoms with Gasteiger partial charge in [0, 0.05) is 30.5 Å². The lowest BCUT2D eigenvalue weighted by molar-refractivity contribution is 0.0696. The Kier molecular flexibility index (Phi) is 6.53. The molecule has 3 aromatic rings. The van der Waals surface area contributed by atoms with Crippen molar-refractivity contribution < 1.29 is 15.0 Å². The highest BCUT2D eigenvalue weighted by molar-refractivity contribution is 5.89. The number of aromatic carboxylic acids is 1. The van der Waals surface area contributed by atoms with Crippen molar-refractivity contribution >= 4 is 5.97 Å². The van der Waals surface area contributed by atoms with Gasteiger partial charge in [0.15, 0.2) is 0 Å². The summed E-state index contributed by atoms with van der Waals surface area (Å²) in [7, 11) is 0. The van der Waals surface area contributed by atoms with Gasteiger partial charge in [-0.2, -0.15) is 0 Å². The molecule has 28 heavy (non-hydrogen) atoms. The van der Waals surface area contributed by atoms with Gasteiger partial charge in [0.1, 0.15) is 0 Å². The van der Waals surface area contributed by atoms with Crippen LogP contribution in [0.2, 0.25) is 0 Å². The van der Waals surface area contributed by atoms with Gasteiger partial charge in [0.2, 0.25) is 0 Å². The third kappa shape index (κ3) is 5.03. The van der Waals surface area contributed by atoms with Crippen LogP contribution in [0.4, 0.5) is 0 Å². The van der Waals surface area contributed by atoms with Crippen molar-refractivity contribution in [3.05, 3.63) is 89.7 Å². The van der Waals surface area contributed by atoms with Gasteiger partial charge in [-0.25, -0.2) is 4.79 Å². The minimum Gasteiger partial charge on any atom is -0.478 e. The van der Waals surface area contributed by atoms with E-state index >= 15 is 0 Å². The highest BCUT2D eigenvalue weighted by Gasteiger charge is 2.14. The Hall–Kier alpha value is -3.02. The number of hydrogen-bond acceptors (Lipinski definition) is 4. The molecule has 0 radical (unpaired) electrons. The SMILES string of the molecule is C[C@H](Cc1cc(C(=O)O)ccc1-c1ccccc1)NC[C@H](O)c1cccnc1. The highest BCUT2D eigenvalue weighted by atomic mass is 16.4. The monoisotopic (exact) mass is 376 g/mol. The van der Waals surface area contributed by atoms with Crippen LogP contribution in [0, 0.1) is 0 Å². The van der Waals surface area contributed by atoms with Gasteiger partial charge in [-0.15, -0.1) is 0 Å². The van der Waals surface area contributed by atoms with Crippen molar-refractivity contribution in [3.8, 4) is 11.1 Å². The molecule has 0 spiro atoms. The number of rotatable bonds is 8. The molecule has 2 atom stereocenters. The van der Waals surface area contributed by atoms with Crippen LogP contribution in [0.5, 0.6) is 0 Å². The van der Waals surface area contributed by atoms with E-state index in [0.717, 1.165) is 22.3 Å². The number of nitrogens with one attached hydrogen (secondary N) is 1. The molecular formula is C23H24N2O3. The number of carbonyl (C=O) groups is 1. The van der Waals surface area contributed by atoms with Crippen molar-refractivity contribution in [1.29, 1.82) is 0 Å². The molecule has 0 amide bonds. The summed E-state index contributed by atoms with van der Waals surface area (Å²) in [5, 5.41) is 23.0. The lowest BCUT2D eigenvalue weighted by atomic mass is 9.93. The molecule has 0 fully saturated rings. The van der Waals surface area contributed by atoms with E-state index in [-0.39, 0.29) is 11.6 Å². The van der Waals surface area contributed by atoms with E-state index in [1.165, 1.54) is 0 Å². The summed E-state index contributed by atoms with van der Waals surface area (Å²) < 4.78 is 0. The number of hydrogen-bond donors (Lipinski definition) is 3. The van der Waals surface area contributed by atoms with E-state index < -0.39 is 12.1 Å². The lowest BCUT2D eigenvalue weighted by Crippen LogP contribution is -2.32. The Bertz CT molecular complexity index is 914. The van der Waals surface area contributed by atoms with Gasteiger partial charge in [0.05, 0.1) is 11.7 Å². The second kappa shape index (κ2) is 9.26. The normalized spacial score (nSPS) is 13.1. The Morgan fingerprint density at radius 1 is 1.11 bits per heavy atom. The van der Waals surface area contributed by atoms with E-state index in [4.69, 9.17) is 0 Å². The van der Waals surface area contributed by atoms with Crippen molar-refractivity contribution in [2.75, 3.05) is 6.54 Å². The average molecular weight is 376 g/mol. The Balaban J connectivity index is 1.74. The molecule has 0 aliphatic heterocycles. The van der Waals surface area contributed by atoms with E-state index in [1.807, 2.05) is 49.4 Å². The zero-order valence-corrected chi connectivity index (χ0v) is 15.7. The summed E-state index contributed by atoms with van der Waals surface area (Å²) >= 11 is 0. The smallest absolute Gasteiger partial charge is 0.335 e. The predicted octanol–water partition coefficient (Wildman–Crippen LogP) is 3.70. The first-order valence-corrected chi connectivity index (χ1v) is 9.27. The van der Waals surface area contributed by atoms with Crippen molar-refractivity contribution in [2.24, 2.45) is 0 Å². The van der Waals surface area contributed by atoms with Crippen molar-refractivity contribution in [2.45, 2.75) is 25.5 Å². The molecule has 1 aromatic heterocycles. The summed E-state index contributed by atoms with van der Waals surface area (Å²) in [6.45, 7) is 2.42. The zero-order valence-electron chi connectivity index (χ0n) is 15.7. The largest absolute Gasteiger partial charge is 0.478 e. The van der Waals surface area contributed by atoms with Crippen molar-refractivity contribution in [1.82, 2.24) is 10.3 Å². The topological polar surface area (TPSA) is 82.5 Å². The molecule has 144 valence electrons. The second-order valence-corrected chi connectivity index (χ2v) is 6.86. The molecule has 3 N–H and O–H groups in total. The molecule has 1 heterocycles. The number of nitrogens with zero attached hydrogens (tertiary/aromatic N) is 1. The highest BCUT2D eigenvalue weighted by Crippen LogP contribution is 2.26. The number of benzene rings is 2. The fourth-order valence-corrected chi connectivity index (χ4v) is 3.20. The van der Waals surface area contributed by atoms with Crippen LogP contribution in [-0.2, 0) is 6.42 Å². The van der Waals surface area contributed by atoms with Crippen LogP contribution in [-0.4, -0.2) is 33.8 Å². The quantitative estimate of drug-likeness (QED) is 0.558. The molecule has 0 bridgehead atoms. The first-order chi connectivity index (χ1) is 13.5. The maximum atomic E-state index is 11.4. The lowest BCUT2D eigenvalue weighted by Gasteiger charge is -2.19. The number of carboxylic acids is 1. The molecule has 2 aromatic carbocycles. The summed E-state index contributed by atoms with van der Waals surface area (Å²) in [5.74, 6) is -0.937. The summed E-state index contributed by atoms with van der Waals surface area (Å²) in [5.41, 5.74) is 4.07. The van der Waals surface area contributed by atoms with Crippen LogP contribution in [0.3, 0.4) is 0 Å². The van der Waals surface area contributed by atoms with E-state index in [0.29, 0.717) is 13.0 Å². The van der Waals surface area contributed by atoms with Gasteiger partial charge in [-0.1, -0.05) is 42.5 Å². The maximum Gasteiger partial charge on any atom is 0.335 e. The molecule has 5 heteroatoms. The maximum absolute atomic E-state index is 11.4. The summed E-state index contributed by atoms with van der Waals surface area (Å²) in [6.07, 6.45) is 3.33. The molecule has 0 unspecified atom stereocenters. The van der Waals surface area contributed by atoms with E-state index in [2.05, 4.69) is 10.3 Å². The molecule has 0 aliphatic rings. The van der Waals surface area contributed by atoms with Crippen LogP contribution in [0.1, 0.15) is 34.5 Å². The van der Waals surface area contributed by atoms with E-state index in [1.54, 1.807) is 30.6 Å². The molecule has 5 nitrogen and oxygen atoms in total. The van der Waals surface area contributed by atoms with Gasteiger partial charge >= 0.3 is 5.97 Å². The van der Waals surface area contributed by atoms with Gasteiger partial charge in [-0.05, 0) is 48.2 Å². The van der Waals surface area contributed by atoms with Gasteiger partial charge < -0.3 is 15.5 Å². The van der Waals surface area contributed by atoms with Crippen LogP contribution < -0.4 is 5.32 Å². The fraction of sp³-hybridized carbons (Fsp3) is 0.217. The van der Waals surface area contributed by atoms with Crippen LogP contribution >= 0.6 is 0 Å². The average Bonchev–Trinajstić information content (AvgIpc) is 2.73. The van der Waals surface area contributed by atoms with Gasteiger partial charge in [-0.3, -0.25) is 4.98 Å². The number of aliphatic hydroxyl groups excluding tert-OH is 1. The van der Waals surface area contributed by atoms with Crippen molar-refractivity contribution in [3.63, 3.8) is 0 Å². The standard InChI is InChI=1S/C23H24N2O3/c1-16(25-15-22(26)19-8-5-11-24-14-19)12-20-13-18(23(27)28)9-10-21(20)17-6-3-2-4-7-17/h2-11,13-14,16,22,25-26H,12,15H2,1H3,(H,27,28)/t16-,22+/m1/s1. The molecular weight excluding hydrogens is 352 g/mol. The first kappa shape index (κ1) is 19.7. The number of carboxylic acid groups (broad SMARTS) is 1. The number of pyridine rings is 1. The summed E-state index contributed by atoms with van der Waals surface area (Å²) in [4.78, 5) is 15.4. The predicted molar refractivity (Wildman–Crippen MR) is 109 cm³/mol. The summed E-state index contributed by atoms with van der Waals surface area (Å²) in [6, 6.07) is 18.9. The molecule has 0 aliphatic carbocycles. The minimum atomic E-state index is -0.937. The molecule has 3 rings (SSSR count).